The highest BCUT2D eigenvalue weighted by atomic mass is 32.1. The van der Waals surface area contributed by atoms with Gasteiger partial charge in [-0.15, -0.1) is 11.3 Å². The van der Waals surface area contributed by atoms with Crippen molar-refractivity contribution in [2.75, 3.05) is 6.54 Å². The summed E-state index contributed by atoms with van der Waals surface area (Å²) in [5, 5.41) is 15.8. The number of hydrogen-bond acceptors (Lipinski definition) is 4. The Balaban J connectivity index is 1.77. The van der Waals surface area contributed by atoms with Crippen LogP contribution in [0.3, 0.4) is 0 Å². The number of nitrogens with zero attached hydrogens (tertiary/aromatic N) is 2. The summed E-state index contributed by atoms with van der Waals surface area (Å²) >= 11 is 1.31. The maximum Gasteiger partial charge on any atom is 0.345 e. The highest BCUT2D eigenvalue weighted by molar-refractivity contribution is 7.14. The van der Waals surface area contributed by atoms with Crippen LogP contribution in [0.25, 0.3) is 12.2 Å². The van der Waals surface area contributed by atoms with E-state index < -0.39 is 5.97 Å². The van der Waals surface area contributed by atoms with E-state index in [1.807, 2.05) is 18.4 Å². The quantitative estimate of drug-likeness (QED) is 0.628. The molecule has 0 saturated carbocycles. The number of benzene rings is 1. The van der Waals surface area contributed by atoms with Crippen LogP contribution in [-0.2, 0) is 17.4 Å². The van der Waals surface area contributed by atoms with Crippen LogP contribution in [0.2, 0.25) is 0 Å². The topological polar surface area (TPSA) is 52.9 Å². The molecule has 2 aliphatic rings. The summed E-state index contributed by atoms with van der Waals surface area (Å²) in [6.07, 6.45) is 9.54. The normalized spacial score (nSPS) is 19.4. The van der Waals surface area contributed by atoms with Crippen molar-refractivity contribution in [3.8, 4) is 0 Å². The van der Waals surface area contributed by atoms with Gasteiger partial charge in [-0.3, -0.25) is 5.01 Å². The lowest BCUT2D eigenvalue weighted by Gasteiger charge is -2.42. The molecule has 2 heterocycles. The second kappa shape index (κ2) is 7.69. The minimum atomic E-state index is -0.870. The number of carboxylic acid groups (broad SMARTS) is 1. The van der Waals surface area contributed by atoms with Crippen LogP contribution >= 0.6 is 11.3 Å². The van der Waals surface area contributed by atoms with Gasteiger partial charge in [-0.25, -0.2) is 4.79 Å². The zero-order valence-electron chi connectivity index (χ0n) is 18.2. The second-order valence-electron chi connectivity index (χ2n) is 9.68. The number of hydrazone groups is 1. The molecule has 0 saturated heterocycles. The van der Waals surface area contributed by atoms with E-state index in [-0.39, 0.29) is 10.8 Å². The first-order valence-electron chi connectivity index (χ1n) is 10.6. The third-order valence-corrected chi connectivity index (χ3v) is 7.53. The van der Waals surface area contributed by atoms with Gasteiger partial charge in [0.1, 0.15) is 4.88 Å². The van der Waals surface area contributed by atoms with E-state index in [1.165, 1.54) is 46.4 Å². The Hall–Kier alpha value is -2.40. The summed E-state index contributed by atoms with van der Waals surface area (Å²) in [5.41, 5.74) is 5.69. The lowest BCUT2D eigenvalue weighted by atomic mass is 9.62. The molecule has 0 radical (unpaired) electrons. The third-order valence-electron chi connectivity index (χ3n) is 6.49. The molecule has 1 N–H and O–H groups in total. The fraction of sp³-hybridized carbons (Fsp3) is 0.440. The molecular formula is C25H30N2O2S. The molecule has 4 rings (SSSR count). The molecule has 1 aromatic heterocycles. The number of carboxylic acids is 1. The Morgan fingerprint density at radius 1 is 1.13 bits per heavy atom. The fourth-order valence-corrected chi connectivity index (χ4v) is 5.20. The zero-order valence-corrected chi connectivity index (χ0v) is 19.1. The van der Waals surface area contributed by atoms with E-state index in [1.54, 1.807) is 6.07 Å². The average Bonchev–Trinajstić information content (AvgIpc) is 3.36. The number of rotatable bonds is 5. The van der Waals surface area contributed by atoms with E-state index in [9.17, 15) is 9.90 Å². The molecule has 0 atom stereocenters. The number of thiophene rings is 1. The molecule has 0 spiro atoms. The van der Waals surface area contributed by atoms with Gasteiger partial charge in [0.05, 0.1) is 6.54 Å². The van der Waals surface area contributed by atoms with Crippen LogP contribution in [0.15, 0.2) is 29.4 Å². The molecule has 5 heteroatoms. The van der Waals surface area contributed by atoms with Crippen molar-refractivity contribution in [1.82, 2.24) is 5.01 Å². The molecule has 1 aromatic carbocycles. The average molecular weight is 423 g/mol. The van der Waals surface area contributed by atoms with E-state index in [0.29, 0.717) is 4.88 Å². The zero-order chi connectivity index (χ0) is 21.5. The van der Waals surface area contributed by atoms with E-state index in [2.05, 4.69) is 56.0 Å². The van der Waals surface area contributed by atoms with Crippen molar-refractivity contribution >= 4 is 35.7 Å². The Morgan fingerprint density at radius 3 is 2.43 bits per heavy atom. The Labute approximate surface area is 182 Å². The lowest BCUT2D eigenvalue weighted by Crippen LogP contribution is -2.34. The molecule has 158 valence electrons. The first-order chi connectivity index (χ1) is 14.2. The van der Waals surface area contributed by atoms with Gasteiger partial charge in [-0.2, -0.15) is 5.10 Å². The summed E-state index contributed by atoms with van der Waals surface area (Å²) in [6.45, 7) is 11.2. The number of fused-ring (bicyclic) bond motifs is 1. The first kappa shape index (κ1) is 20.9. The van der Waals surface area contributed by atoms with Crippen LogP contribution in [0.1, 0.15) is 83.8 Å². The van der Waals surface area contributed by atoms with Crippen molar-refractivity contribution in [3.63, 3.8) is 0 Å². The standard InChI is InChI=1S/C25H30N2O2S/c1-24(2)10-11-25(3,4)21-15-18(16-27-13-5-12-26-27)17(14-20(21)24)6-7-19-8-9-22(30-19)23(28)29/h6-9,12,14-15H,5,10-11,13,16H2,1-4H3,(H,28,29)/b7-6+. The molecule has 0 amide bonds. The van der Waals surface area contributed by atoms with Crippen molar-refractivity contribution < 1.29 is 9.90 Å². The summed E-state index contributed by atoms with van der Waals surface area (Å²) < 4.78 is 0. The van der Waals surface area contributed by atoms with Gasteiger partial charge < -0.3 is 5.11 Å². The predicted octanol–water partition coefficient (Wildman–Crippen LogP) is 6.16. The van der Waals surface area contributed by atoms with Crippen LogP contribution in [0.5, 0.6) is 0 Å². The highest BCUT2D eigenvalue weighted by Gasteiger charge is 2.37. The molecule has 0 unspecified atom stereocenters. The summed E-state index contributed by atoms with van der Waals surface area (Å²) in [4.78, 5) is 12.5. The van der Waals surface area contributed by atoms with Gasteiger partial charge in [0.15, 0.2) is 0 Å². The van der Waals surface area contributed by atoms with Gasteiger partial charge in [0.2, 0.25) is 0 Å². The fourth-order valence-electron chi connectivity index (χ4n) is 4.45. The van der Waals surface area contributed by atoms with Crippen LogP contribution < -0.4 is 0 Å². The molecule has 1 aliphatic heterocycles. The molecule has 0 bridgehead atoms. The number of hydrogen-bond donors (Lipinski definition) is 1. The Kier molecular flexibility index (Phi) is 5.35. The van der Waals surface area contributed by atoms with Crippen molar-refractivity contribution in [1.29, 1.82) is 0 Å². The van der Waals surface area contributed by atoms with Crippen molar-refractivity contribution in [2.24, 2.45) is 5.10 Å². The maximum atomic E-state index is 11.2. The largest absolute Gasteiger partial charge is 0.477 e. The number of aromatic carboxylic acids is 1. The highest BCUT2D eigenvalue weighted by Crippen LogP contribution is 2.47. The molecule has 4 nitrogen and oxygen atoms in total. The first-order valence-corrected chi connectivity index (χ1v) is 11.4. The summed E-state index contributed by atoms with van der Waals surface area (Å²) in [6, 6.07) is 8.32. The van der Waals surface area contributed by atoms with Crippen LogP contribution in [0.4, 0.5) is 0 Å². The van der Waals surface area contributed by atoms with Gasteiger partial charge in [-0.1, -0.05) is 45.9 Å². The molecule has 2 aromatic rings. The van der Waals surface area contributed by atoms with Crippen LogP contribution in [-0.4, -0.2) is 28.8 Å². The summed E-state index contributed by atoms with van der Waals surface area (Å²) in [7, 11) is 0. The lowest BCUT2D eigenvalue weighted by molar-refractivity contribution is 0.0702. The van der Waals surface area contributed by atoms with Crippen LogP contribution in [0, 0.1) is 0 Å². The van der Waals surface area contributed by atoms with E-state index in [0.717, 1.165) is 24.4 Å². The van der Waals surface area contributed by atoms with E-state index in [4.69, 9.17) is 0 Å². The van der Waals surface area contributed by atoms with Gasteiger partial charge in [0.25, 0.3) is 0 Å². The minimum Gasteiger partial charge on any atom is -0.477 e. The SMILES string of the molecule is CC1(C)CCC(C)(C)c2cc(CN3CCC=N3)c(/C=C/c3ccc(C(=O)O)s3)cc21. The predicted molar refractivity (Wildman–Crippen MR) is 125 cm³/mol. The maximum absolute atomic E-state index is 11.2. The van der Waals surface area contributed by atoms with E-state index >= 15 is 0 Å². The molecule has 0 fully saturated rings. The summed E-state index contributed by atoms with van der Waals surface area (Å²) in [5.74, 6) is -0.870. The van der Waals surface area contributed by atoms with Gasteiger partial charge >= 0.3 is 5.97 Å². The van der Waals surface area contributed by atoms with Gasteiger partial charge in [-0.05, 0) is 64.1 Å². The number of carbonyl (C=O) groups is 1. The second-order valence-corrected chi connectivity index (χ2v) is 10.8. The van der Waals surface area contributed by atoms with Crippen molar-refractivity contribution in [2.45, 2.75) is 64.3 Å². The molecule has 1 aliphatic carbocycles. The molecular weight excluding hydrogens is 392 g/mol. The minimum absolute atomic E-state index is 0.150. The third kappa shape index (κ3) is 4.08. The Bertz CT molecular complexity index is 1030. The van der Waals surface area contributed by atoms with Gasteiger partial charge in [0, 0.05) is 24.1 Å². The monoisotopic (exact) mass is 422 g/mol. The molecule has 30 heavy (non-hydrogen) atoms. The van der Waals surface area contributed by atoms with Crippen molar-refractivity contribution in [3.05, 3.63) is 56.3 Å². The smallest absolute Gasteiger partial charge is 0.345 e. The Morgan fingerprint density at radius 2 is 1.83 bits per heavy atom.